The lowest BCUT2D eigenvalue weighted by molar-refractivity contribution is 0.138. The Kier molecular flexibility index (Phi) is 7.37. The second-order valence-corrected chi connectivity index (χ2v) is 8.46. The summed E-state index contributed by atoms with van der Waals surface area (Å²) in [5, 5.41) is 0.333. The summed E-state index contributed by atoms with van der Waals surface area (Å²) in [5.41, 5.74) is 0.454. The Balaban J connectivity index is 4.21. The van der Waals surface area contributed by atoms with Crippen LogP contribution in [0.3, 0.4) is 0 Å². The van der Waals surface area contributed by atoms with Crippen LogP contribution in [0.5, 0.6) is 0 Å². The molecular weight excluding hydrogens is 229 g/mol. The molecule has 0 aromatic carbocycles. The van der Waals surface area contributed by atoms with Crippen LogP contribution in [0.15, 0.2) is 0 Å². The first-order valence-electron chi connectivity index (χ1n) is 6.55. The van der Waals surface area contributed by atoms with Crippen LogP contribution in [0.4, 0.5) is 0 Å². The van der Waals surface area contributed by atoms with Crippen LogP contribution >= 0.6 is 8.81 Å². The first kappa shape index (κ1) is 17.5. The Morgan fingerprint density at radius 2 is 1.53 bits per heavy atom. The Morgan fingerprint density at radius 1 is 1.00 bits per heavy atom. The Morgan fingerprint density at radius 3 is 1.88 bits per heavy atom. The van der Waals surface area contributed by atoms with Crippen molar-refractivity contribution in [2.45, 2.75) is 77.9 Å². The van der Waals surface area contributed by atoms with E-state index < -0.39 is 0 Å². The van der Waals surface area contributed by atoms with Gasteiger partial charge in [0.1, 0.15) is 7.28 Å². The molecule has 2 nitrogen and oxygen atoms in total. The van der Waals surface area contributed by atoms with Crippen molar-refractivity contribution in [3.63, 3.8) is 0 Å². The maximum absolute atomic E-state index is 5.90. The molecule has 100 valence electrons. The summed E-state index contributed by atoms with van der Waals surface area (Å²) in [6.45, 7) is 17.3. The van der Waals surface area contributed by atoms with Crippen LogP contribution in [-0.4, -0.2) is 31.9 Å². The van der Waals surface area contributed by atoms with Gasteiger partial charge in [0.05, 0.1) is 6.10 Å². The minimum atomic E-state index is -0.0571. The van der Waals surface area contributed by atoms with E-state index in [0.29, 0.717) is 25.7 Å². The van der Waals surface area contributed by atoms with Crippen molar-refractivity contribution in [1.29, 1.82) is 0 Å². The topological polar surface area (TPSA) is 18.5 Å². The molecule has 0 radical (unpaired) electrons. The Bertz CT molecular complexity index is 210. The molecule has 0 bridgehead atoms. The molecule has 0 spiro atoms. The molecule has 2 unspecified atom stereocenters. The first-order chi connectivity index (χ1) is 7.49. The Hall–Kier alpha value is 0.480. The van der Waals surface area contributed by atoms with Gasteiger partial charge in [-0.1, -0.05) is 26.1 Å². The van der Waals surface area contributed by atoms with Gasteiger partial charge in [0, 0.05) is 14.4 Å². The van der Waals surface area contributed by atoms with E-state index in [2.05, 4.69) is 55.4 Å². The summed E-state index contributed by atoms with van der Waals surface area (Å²) >= 11 is 0. The molecular formula is C12H29B2O2P. The summed E-state index contributed by atoms with van der Waals surface area (Å²) < 4.78 is 11.7. The fraction of sp³-hybridized carbons (Fsp3) is 1.00. The highest BCUT2D eigenvalue weighted by molar-refractivity contribution is 7.39. The quantitative estimate of drug-likeness (QED) is 0.538. The monoisotopic (exact) mass is 258 g/mol. The lowest BCUT2D eigenvalue weighted by Crippen LogP contribution is -2.33. The largest absolute Gasteiger partial charge is 0.435 e. The smallest absolute Gasteiger partial charge is 0.277 e. The van der Waals surface area contributed by atoms with Crippen LogP contribution in [0, 0.1) is 0 Å². The Labute approximate surface area is 111 Å². The fourth-order valence-electron chi connectivity index (χ4n) is 1.46. The molecule has 0 amide bonds. The van der Waals surface area contributed by atoms with Crippen LogP contribution in [0.1, 0.15) is 55.4 Å². The second kappa shape index (κ2) is 7.16. The molecule has 0 aliphatic rings. The van der Waals surface area contributed by atoms with Crippen molar-refractivity contribution >= 4 is 23.6 Å². The number of hydrogen-bond acceptors (Lipinski definition) is 2. The van der Waals surface area contributed by atoms with E-state index in [9.17, 15) is 0 Å². The molecule has 0 saturated heterocycles. The van der Waals surface area contributed by atoms with Crippen molar-refractivity contribution in [3.8, 4) is 0 Å². The predicted molar refractivity (Wildman–Crippen MR) is 83.2 cm³/mol. The van der Waals surface area contributed by atoms with Gasteiger partial charge in [0.25, 0.3) is 7.48 Å². The first-order valence-corrected chi connectivity index (χ1v) is 7.53. The third kappa shape index (κ3) is 12.7. The second-order valence-electron chi connectivity index (χ2n) is 7.17. The van der Waals surface area contributed by atoms with Crippen LogP contribution in [0.2, 0.25) is 5.31 Å². The summed E-state index contributed by atoms with van der Waals surface area (Å²) in [7, 11) is 2.48. The molecule has 0 aromatic rings. The highest BCUT2D eigenvalue weighted by Gasteiger charge is 2.25. The van der Waals surface area contributed by atoms with E-state index in [1.165, 1.54) is 0 Å². The predicted octanol–water partition coefficient (Wildman–Crippen LogP) is 3.11. The molecule has 0 rings (SSSR count). The number of hydrogen-bond donors (Lipinski definition) is 0. The van der Waals surface area contributed by atoms with Crippen LogP contribution in [-0.2, 0) is 9.18 Å². The SMILES string of the molecule is CC(C)OPC(BOC(C)(C)C)BC(C)(C)C. The van der Waals surface area contributed by atoms with E-state index >= 15 is 0 Å². The molecule has 0 heterocycles. The number of rotatable bonds is 6. The summed E-state index contributed by atoms with van der Waals surface area (Å²) in [5.74, 6) is 0. The van der Waals surface area contributed by atoms with Gasteiger partial charge in [-0.25, -0.2) is 0 Å². The summed E-state index contributed by atoms with van der Waals surface area (Å²) in [6.07, 6.45) is 0.311. The van der Waals surface area contributed by atoms with Gasteiger partial charge in [-0.15, -0.1) is 0 Å². The van der Waals surface area contributed by atoms with Crippen LogP contribution in [0.25, 0.3) is 0 Å². The molecule has 2 atom stereocenters. The van der Waals surface area contributed by atoms with Crippen LogP contribution < -0.4 is 0 Å². The maximum Gasteiger partial charge on any atom is 0.277 e. The van der Waals surface area contributed by atoms with E-state index in [0.717, 1.165) is 14.8 Å². The zero-order valence-corrected chi connectivity index (χ0v) is 13.9. The maximum atomic E-state index is 5.90. The lowest BCUT2D eigenvalue weighted by Gasteiger charge is -2.27. The third-order valence-corrected chi connectivity index (χ3v) is 3.36. The highest BCUT2D eigenvalue weighted by atomic mass is 31.1. The zero-order chi connectivity index (χ0) is 13.7. The van der Waals surface area contributed by atoms with Crippen molar-refractivity contribution in [3.05, 3.63) is 0 Å². The zero-order valence-electron chi connectivity index (χ0n) is 12.9. The molecule has 0 saturated carbocycles. The molecule has 0 N–H and O–H groups in total. The average molecular weight is 258 g/mol. The van der Waals surface area contributed by atoms with Crippen molar-refractivity contribution in [2.75, 3.05) is 0 Å². The highest BCUT2D eigenvalue weighted by Crippen LogP contribution is 2.30. The normalized spacial score (nSPS) is 15.6. The molecule has 0 fully saturated rings. The van der Waals surface area contributed by atoms with E-state index in [1.54, 1.807) is 0 Å². The van der Waals surface area contributed by atoms with Crippen molar-refractivity contribution in [1.82, 2.24) is 0 Å². The van der Waals surface area contributed by atoms with Gasteiger partial charge in [-0.2, -0.15) is 0 Å². The van der Waals surface area contributed by atoms with Gasteiger partial charge in [0.2, 0.25) is 0 Å². The van der Waals surface area contributed by atoms with Gasteiger partial charge in [0.15, 0.2) is 0 Å². The van der Waals surface area contributed by atoms with E-state index in [4.69, 9.17) is 9.18 Å². The van der Waals surface area contributed by atoms with Gasteiger partial charge < -0.3 is 9.18 Å². The average Bonchev–Trinajstić information content (AvgIpc) is 2.06. The summed E-state index contributed by atoms with van der Waals surface area (Å²) in [4.78, 5) is 0. The molecule has 17 heavy (non-hydrogen) atoms. The van der Waals surface area contributed by atoms with E-state index in [1.807, 2.05) is 0 Å². The molecule has 0 aliphatic carbocycles. The minimum absolute atomic E-state index is 0.0571. The lowest BCUT2D eigenvalue weighted by atomic mass is 9.47. The standard InChI is InChI=1S/C12H29B2O2P/c1-9(2)15-17-10(13-11(3,4)5)14-16-12(6,7)8/h9-10,13-14,17H,1-8H3. The molecule has 0 aromatic heterocycles. The third-order valence-electron chi connectivity index (χ3n) is 2.05. The molecule has 5 heteroatoms. The minimum Gasteiger partial charge on any atom is -0.435 e. The van der Waals surface area contributed by atoms with Crippen molar-refractivity contribution in [2.24, 2.45) is 0 Å². The summed E-state index contributed by atoms with van der Waals surface area (Å²) in [6, 6.07) is 0. The van der Waals surface area contributed by atoms with Crippen molar-refractivity contribution < 1.29 is 9.18 Å². The fourth-order valence-corrected chi connectivity index (χ4v) is 2.77. The van der Waals surface area contributed by atoms with Gasteiger partial charge >= 0.3 is 0 Å². The molecule has 0 aliphatic heterocycles. The van der Waals surface area contributed by atoms with Gasteiger partial charge in [-0.3, -0.25) is 0 Å². The van der Waals surface area contributed by atoms with Gasteiger partial charge in [-0.05, 0) is 40.1 Å². The van der Waals surface area contributed by atoms with E-state index in [-0.39, 0.29) is 5.60 Å².